The molecule has 2 unspecified atom stereocenters. The van der Waals surface area contributed by atoms with Gasteiger partial charge in [-0.05, 0) is 69.5 Å². The lowest BCUT2D eigenvalue weighted by atomic mass is 9.69. The Kier molecular flexibility index (Phi) is 6.38. The quantitative estimate of drug-likeness (QED) is 0.397. The summed E-state index contributed by atoms with van der Waals surface area (Å²) in [6.45, 7) is 4.87. The van der Waals surface area contributed by atoms with Crippen molar-refractivity contribution in [2.75, 3.05) is 19.6 Å². The van der Waals surface area contributed by atoms with Crippen molar-refractivity contribution in [1.82, 2.24) is 4.90 Å². The van der Waals surface area contributed by atoms with Crippen LogP contribution in [0.4, 0.5) is 4.39 Å². The van der Waals surface area contributed by atoms with E-state index in [1.165, 1.54) is 25.3 Å². The van der Waals surface area contributed by atoms with Gasteiger partial charge in [-0.2, -0.15) is 0 Å². The van der Waals surface area contributed by atoms with Gasteiger partial charge in [0, 0.05) is 29.3 Å². The summed E-state index contributed by atoms with van der Waals surface area (Å²) in [5, 5.41) is 0.832. The second kappa shape index (κ2) is 9.42. The lowest BCUT2D eigenvalue weighted by Gasteiger charge is -2.35. The van der Waals surface area contributed by atoms with E-state index in [2.05, 4.69) is 24.0 Å². The summed E-state index contributed by atoms with van der Waals surface area (Å²) in [5.41, 5.74) is 2.46. The molecule has 0 amide bonds. The van der Waals surface area contributed by atoms with E-state index in [0.29, 0.717) is 5.78 Å². The van der Waals surface area contributed by atoms with Crippen molar-refractivity contribution < 1.29 is 13.6 Å². The summed E-state index contributed by atoms with van der Waals surface area (Å²) < 4.78 is 19.9. The third kappa shape index (κ3) is 4.50. The summed E-state index contributed by atoms with van der Waals surface area (Å²) in [5.74, 6) is 0.667. The molecule has 0 bridgehead atoms. The molecular weight excluding hydrogens is 413 g/mol. The predicted octanol–water partition coefficient (Wildman–Crippen LogP) is 6.86. The Balaban J connectivity index is 1.31. The molecule has 174 valence electrons. The number of hydrogen-bond acceptors (Lipinski definition) is 3. The van der Waals surface area contributed by atoms with Gasteiger partial charge >= 0.3 is 0 Å². The molecule has 1 saturated heterocycles. The number of rotatable bonds is 7. The Labute approximate surface area is 196 Å². The fraction of sp³-hybridized carbons (Fsp3) is 0.483. The highest BCUT2D eigenvalue weighted by atomic mass is 19.1. The summed E-state index contributed by atoms with van der Waals surface area (Å²) in [4.78, 5) is 16.2. The van der Waals surface area contributed by atoms with Crippen LogP contribution in [0.15, 0.2) is 59.2 Å². The van der Waals surface area contributed by atoms with Crippen LogP contribution in [-0.2, 0) is 10.2 Å². The van der Waals surface area contributed by atoms with Crippen LogP contribution < -0.4 is 0 Å². The first-order valence-corrected chi connectivity index (χ1v) is 12.5. The van der Waals surface area contributed by atoms with Crippen LogP contribution in [0.2, 0.25) is 0 Å². The number of Topliss-reactive ketones (excluding diaryl/α,β-unsaturated/α-hetero) is 1. The van der Waals surface area contributed by atoms with Crippen LogP contribution in [-0.4, -0.2) is 30.3 Å². The average molecular weight is 448 g/mol. The minimum absolute atomic E-state index is 0.190. The lowest BCUT2D eigenvalue weighted by Crippen LogP contribution is -2.41. The molecule has 4 heteroatoms. The zero-order valence-corrected chi connectivity index (χ0v) is 19.6. The first-order chi connectivity index (χ1) is 16.0. The summed E-state index contributed by atoms with van der Waals surface area (Å²) in [7, 11) is 0. The number of carbonyl (C=O) groups excluding carboxylic acids is 1. The van der Waals surface area contributed by atoms with Gasteiger partial charge in [0.25, 0.3) is 0 Å². The number of halogens is 1. The van der Waals surface area contributed by atoms with Gasteiger partial charge in [0.1, 0.15) is 17.2 Å². The van der Waals surface area contributed by atoms with Crippen LogP contribution in [0.5, 0.6) is 0 Å². The molecule has 2 aliphatic rings. The number of hydrogen-bond donors (Lipinski definition) is 0. The van der Waals surface area contributed by atoms with Gasteiger partial charge < -0.3 is 9.32 Å². The lowest BCUT2D eigenvalue weighted by molar-refractivity contribution is -0.129. The molecule has 3 nitrogen and oxygen atoms in total. The third-order valence-corrected chi connectivity index (χ3v) is 8.12. The number of furan rings is 1. The zero-order chi connectivity index (χ0) is 22.8. The van der Waals surface area contributed by atoms with Crippen LogP contribution in [0.1, 0.15) is 68.9 Å². The highest BCUT2D eigenvalue weighted by Gasteiger charge is 2.40. The first-order valence-electron chi connectivity index (χ1n) is 12.5. The number of nitrogens with zero attached hydrogens (tertiary/aromatic N) is 1. The van der Waals surface area contributed by atoms with Crippen molar-refractivity contribution >= 4 is 16.8 Å². The first kappa shape index (κ1) is 22.3. The number of carbonyl (C=O) groups is 1. The molecule has 1 aromatic heterocycles. The molecule has 1 aliphatic carbocycles. The smallest absolute Gasteiger partial charge is 0.146 e. The molecule has 1 saturated carbocycles. The normalized spacial score (nSPS) is 21.9. The maximum Gasteiger partial charge on any atom is 0.146 e. The maximum absolute atomic E-state index is 14.2. The Bertz CT molecular complexity index is 1100. The van der Waals surface area contributed by atoms with Crippen molar-refractivity contribution in [1.29, 1.82) is 0 Å². The molecule has 0 radical (unpaired) electrons. The SMILES string of the molecule is CC(CCN1CCC(c2cc(F)cc3ccoc23)C1)(C(=O)C1CCCCC1)c1ccccc1. The Hall–Kier alpha value is -2.46. The Morgan fingerprint density at radius 1 is 1.09 bits per heavy atom. The van der Waals surface area contributed by atoms with Crippen molar-refractivity contribution in [2.45, 2.75) is 63.2 Å². The van der Waals surface area contributed by atoms with Crippen LogP contribution in [0, 0.1) is 11.7 Å². The van der Waals surface area contributed by atoms with Gasteiger partial charge in [-0.3, -0.25) is 4.79 Å². The van der Waals surface area contributed by atoms with Crippen LogP contribution in [0.3, 0.4) is 0 Å². The molecule has 2 atom stereocenters. The molecule has 5 rings (SSSR count). The van der Waals surface area contributed by atoms with E-state index < -0.39 is 5.41 Å². The monoisotopic (exact) mass is 447 g/mol. The fourth-order valence-corrected chi connectivity index (χ4v) is 6.08. The van der Waals surface area contributed by atoms with E-state index in [1.54, 1.807) is 12.3 Å². The minimum atomic E-state index is -0.464. The Morgan fingerprint density at radius 3 is 2.67 bits per heavy atom. The summed E-state index contributed by atoms with van der Waals surface area (Å²) in [6.07, 6.45) is 9.11. The third-order valence-electron chi connectivity index (χ3n) is 8.12. The average Bonchev–Trinajstić information content (AvgIpc) is 3.52. The molecule has 1 aliphatic heterocycles. The fourth-order valence-electron chi connectivity index (χ4n) is 6.08. The Morgan fingerprint density at radius 2 is 1.88 bits per heavy atom. The summed E-state index contributed by atoms with van der Waals surface area (Å²) in [6, 6.07) is 15.4. The predicted molar refractivity (Wildman–Crippen MR) is 130 cm³/mol. The van der Waals surface area contributed by atoms with Gasteiger partial charge in [-0.25, -0.2) is 4.39 Å². The van der Waals surface area contributed by atoms with Crippen LogP contribution in [0.25, 0.3) is 11.0 Å². The molecule has 0 N–H and O–H groups in total. The van der Waals surface area contributed by atoms with E-state index in [1.807, 2.05) is 24.3 Å². The number of ketones is 1. The van der Waals surface area contributed by atoms with Gasteiger partial charge in [-0.1, -0.05) is 49.6 Å². The van der Waals surface area contributed by atoms with Crippen LogP contribution >= 0.6 is 0 Å². The minimum Gasteiger partial charge on any atom is -0.464 e. The van der Waals surface area contributed by atoms with Crippen molar-refractivity contribution in [3.05, 3.63) is 71.7 Å². The molecule has 2 fully saturated rings. The zero-order valence-electron chi connectivity index (χ0n) is 19.6. The molecular formula is C29H34FNO2. The van der Waals surface area contributed by atoms with E-state index >= 15 is 0 Å². The number of likely N-dealkylation sites (tertiary alicyclic amines) is 1. The van der Waals surface area contributed by atoms with E-state index in [4.69, 9.17) is 4.42 Å². The van der Waals surface area contributed by atoms with Crippen molar-refractivity contribution in [3.8, 4) is 0 Å². The number of fused-ring (bicyclic) bond motifs is 1. The highest BCUT2D eigenvalue weighted by molar-refractivity contribution is 5.91. The van der Waals surface area contributed by atoms with Gasteiger partial charge in [-0.15, -0.1) is 0 Å². The molecule has 33 heavy (non-hydrogen) atoms. The second-order valence-corrected chi connectivity index (χ2v) is 10.3. The van der Waals surface area contributed by atoms with Gasteiger partial charge in [0.15, 0.2) is 0 Å². The molecule has 2 aromatic carbocycles. The largest absolute Gasteiger partial charge is 0.464 e. The summed E-state index contributed by atoms with van der Waals surface area (Å²) >= 11 is 0. The molecule has 2 heterocycles. The number of benzene rings is 2. The van der Waals surface area contributed by atoms with Gasteiger partial charge in [0.05, 0.1) is 11.7 Å². The van der Waals surface area contributed by atoms with E-state index in [9.17, 15) is 9.18 Å². The molecule has 3 aromatic rings. The topological polar surface area (TPSA) is 33.5 Å². The standard InChI is InChI=1S/C29H34FNO2/c1-29(24-10-6-3-7-11-24,28(32)21-8-4-2-5-9-21)14-16-31-15-12-23(20-31)26-19-25(30)18-22-13-17-33-27(22)26/h3,6-7,10-11,13,17-19,21,23H,2,4-5,8-9,12,14-16,20H2,1H3. The van der Waals surface area contributed by atoms with Gasteiger partial charge in [0.2, 0.25) is 0 Å². The second-order valence-electron chi connectivity index (χ2n) is 10.3. The van der Waals surface area contributed by atoms with Crippen molar-refractivity contribution in [3.63, 3.8) is 0 Å². The molecule has 0 spiro atoms. The van der Waals surface area contributed by atoms with E-state index in [0.717, 1.165) is 67.4 Å². The highest BCUT2D eigenvalue weighted by Crippen LogP contribution is 2.38. The van der Waals surface area contributed by atoms with Crippen molar-refractivity contribution in [2.24, 2.45) is 5.92 Å². The maximum atomic E-state index is 14.2. The van der Waals surface area contributed by atoms with E-state index in [-0.39, 0.29) is 17.7 Å².